The van der Waals surface area contributed by atoms with Crippen LogP contribution in [0.2, 0.25) is 0 Å². The van der Waals surface area contributed by atoms with E-state index in [1.807, 2.05) is 4.90 Å². The number of nitrogens with two attached hydrogens (primary N) is 1. The first-order chi connectivity index (χ1) is 5.77. The lowest BCUT2D eigenvalue weighted by molar-refractivity contribution is -0.131. The summed E-state index contributed by atoms with van der Waals surface area (Å²) in [6.07, 6.45) is 3.59. The molecule has 1 heterocycles. The van der Waals surface area contributed by atoms with Crippen LogP contribution >= 0.6 is 0 Å². The summed E-state index contributed by atoms with van der Waals surface area (Å²) in [6, 6.07) is 0. The SMILES string of the molecule is CCC1CCCN(C(=O)CN)C1. The van der Waals surface area contributed by atoms with Gasteiger partial charge in [0.05, 0.1) is 6.54 Å². The lowest BCUT2D eigenvalue weighted by atomic mass is 9.96. The lowest BCUT2D eigenvalue weighted by Gasteiger charge is -2.31. The van der Waals surface area contributed by atoms with Crippen molar-refractivity contribution in [1.82, 2.24) is 4.90 Å². The zero-order chi connectivity index (χ0) is 8.97. The number of hydrogen-bond donors (Lipinski definition) is 1. The molecule has 12 heavy (non-hydrogen) atoms. The van der Waals surface area contributed by atoms with Crippen LogP contribution in [0.4, 0.5) is 0 Å². The molecule has 0 aromatic carbocycles. The average Bonchev–Trinajstić information content (AvgIpc) is 2.17. The van der Waals surface area contributed by atoms with Crippen molar-refractivity contribution in [1.29, 1.82) is 0 Å². The topological polar surface area (TPSA) is 46.3 Å². The van der Waals surface area contributed by atoms with E-state index in [2.05, 4.69) is 6.92 Å². The molecule has 1 amide bonds. The van der Waals surface area contributed by atoms with E-state index in [1.54, 1.807) is 0 Å². The predicted molar refractivity (Wildman–Crippen MR) is 48.6 cm³/mol. The Balaban J connectivity index is 2.40. The summed E-state index contributed by atoms with van der Waals surface area (Å²) >= 11 is 0. The highest BCUT2D eigenvalue weighted by molar-refractivity contribution is 5.78. The second kappa shape index (κ2) is 4.45. The van der Waals surface area contributed by atoms with Gasteiger partial charge in [0.15, 0.2) is 0 Å². The summed E-state index contributed by atoms with van der Waals surface area (Å²) in [5.41, 5.74) is 5.30. The summed E-state index contributed by atoms with van der Waals surface area (Å²) in [5, 5.41) is 0. The van der Waals surface area contributed by atoms with Crippen LogP contribution in [0.25, 0.3) is 0 Å². The van der Waals surface area contributed by atoms with Gasteiger partial charge in [-0.2, -0.15) is 0 Å². The first kappa shape index (κ1) is 9.52. The van der Waals surface area contributed by atoms with E-state index in [9.17, 15) is 4.79 Å². The Morgan fingerprint density at radius 2 is 2.42 bits per heavy atom. The number of amides is 1. The maximum absolute atomic E-state index is 11.2. The second-order valence-corrected chi connectivity index (χ2v) is 3.46. The van der Waals surface area contributed by atoms with Crippen LogP contribution in [0.5, 0.6) is 0 Å². The maximum Gasteiger partial charge on any atom is 0.236 e. The van der Waals surface area contributed by atoms with E-state index < -0.39 is 0 Å². The van der Waals surface area contributed by atoms with Crippen LogP contribution in [-0.4, -0.2) is 30.4 Å². The third-order valence-electron chi connectivity index (χ3n) is 2.62. The van der Waals surface area contributed by atoms with Crippen LogP contribution in [0.15, 0.2) is 0 Å². The fourth-order valence-corrected chi connectivity index (χ4v) is 1.75. The molecule has 3 heteroatoms. The number of piperidine rings is 1. The molecule has 1 atom stereocenters. The van der Waals surface area contributed by atoms with Gasteiger partial charge in [-0.05, 0) is 18.8 Å². The Labute approximate surface area is 73.9 Å². The van der Waals surface area contributed by atoms with Crippen molar-refractivity contribution >= 4 is 5.91 Å². The number of carbonyl (C=O) groups is 1. The van der Waals surface area contributed by atoms with Gasteiger partial charge >= 0.3 is 0 Å². The van der Waals surface area contributed by atoms with Gasteiger partial charge in [-0.1, -0.05) is 13.3 Å². The molecular formula is C9H18N2O. The number of carbonyl (C=O) groups excluding carboxylic acids is 1. The Bertz CT molecular complexity index is 159. The Morgan fingerprint density at radius 3 is 3.00 bits per heavy atom. The Hall–Kier alpha value is -0.570. The van der Waals surface area contributed by atoms with E-state index in [1.165, 1.54) is 12.8 Å². The molecule has 70 valence electrons. The maximum atomic E-state index is 11.2. The summed E-state index contributed by atoms with van der Waals surface area (Å²) in [4.78, 5) is 13.1. The van der Waals surface area contributed by atoms with Gasteiger partial charge in [0, 0.05) is 13.1 Å². The molecule has 0 aliphatic carbocycles. The van der Waals surface area contributed by atoms with Crippen molar-refractivity contribution in [2.24, 2.45) is 11.7 Å². The predicted octanol–water partition coefficient (Wildman–Crippen LogP) is 0.594. The van der Waals surface area contributed by atoms with Gasteiger partial charge in [-0.15, -0.1) is 0 Å². The number of rotatable bonds is 2. The largest absolute Gasteiger partial charge is 0.341 e. The van der Waals surface area contributed by atoms with Gasteiger partial charge < -0.3 is 10.6 Å². The molecular weight excluding hydrogens is 152 g/mol. The van der Waals surface area contributed by atoms with Crippen molar-refractivity contribution in [3.63, 3.8) is 0 Å². The molecule has 1 unspecified atom stereocenters. The second-order valence-electron chi connectivity index (χ2n) is 3.46. The van der Waals surface area contributed by atoms with E-state index in [4.69, 9.17) is 5.73 Å². The van der Waals surface area contributed by atoms with Crippen LogP contribution in [0, 0.1) is 5.92 Å². The van der Waals surface area contributed by atoms with Crippen molar-refractivity contribution in [3.8, 4) is 0 Å². The summed E-state index contributed by atoms with van der Waals surface area (Å²) in [7, 11) is 0. The van der Waals surface area contributed by atoms with Crippen LogP contribution in [0.3, 0.4) is 0 Å². The monoisotopic (exact) mass is 170 g/mol. The normalized spacial score (nSPS) is 24.2. The first-order valence-electron chi connectivity index (χ1n) is 4.75. The lowest BCUT2D eigenvalue weighted by Crippen LogP contribution is -2.42. The minimum absolute atomic E-state index is 0.105. The van der Waals surface area contributed by atoms with Gasteiger partial charge in [-0.3, -0.25) is 4.79 Å². The Morgan fingerprint density at radius 1 is 1.67 bits per heavy atom. The van der Waals surface area contributed by atoms with Crippen molar-refractivity contribution in [3.05, 3.63) is 0 Å². The van der Waals surface area contributed by atoms with Gasteiger partial charge in [-0.25, -0.2) is 0 Å². The number of nitrogens with zero attached hydrogens (tertiary/aromatic N) is 1. The Kier molecular flexibility index (Phi) is 3.53. The summed E-state index contributed by atoms with van der Waals surface area (Å²) < 4.78 is 0. The minimum atomic E-state index is 0.105. The highest BCUT2D eigenvalue weighted by Gasteiger charge is 2.20. The van der Waals surface area contributed by atoms with Crippen molar-refractivity contribution in [2.45, 2.75) is 26.2 Å². The van der Waals surface area contributed by atoms with Crippen LogP contribution in [0.1, 0.15) is 26.2 Å². The number of likely N-dealkylation sites (tertiary alicyclic amines) is 1. The molecule has 0 saturated carbocycles. The van der Waals surface area contributed by atoms with Gasteiger partial charge in [0.1, 0.15) is 0 Å². The van der Waals surface area contributed by atoms with Gasteiger partial charge in [0.2, 0.25) is 5.91 Å². The smallest absolute Gasteiger partial charge is 0.236 e. The fourth-order valence-electron chi connectivity index (χ4n) is 1.75. The molecule has 0 radical (unpaired) electrons. The van der Waals surface area contributed by atoms with Crippen LogP contribution in [-0.2, 0) is 4.79 Å². The van der Waals surface area contributed by atoms with Crippen molar-refractivity contribution in [2.75, 3.05) is 19.6 Å². The molecule has 1 rings (SSSR count). The minimum Gasteiger partial charge on any atom is -0.341 e. The van der Waals surface area contributed by atoms with Crippen LogP contribution < -0.4 is 5.73 Å². The number of hydrogen-bond acceptors (Lipinski definition) is 2. The zero-order valence-electron chi connectivity index (χ0n) is 7.75. The molecule has 1 saturated heterocycles. The average molecular weight is 170 g/mol. The van der Waals surface area contributed by atoms with E-state index >= 15 is 0 Å². The fraction of sp³-hybridized carbons (Fsp3) is 0.889. The molecule has 0 bridgehead atoms. The summed E-state index contributed by atoms with van der Waals surface area (Å²) in [6.45, 7) is 4.18. The van der Waals surface area contributed by atoms with E-state index in [0.29, 0.717) is 5.92 Å². The highest BCUT2D eigenvalue weighted by atomic mass is 16.2. The molecule has 1 fully saturated rings. The van der Waals surface area contributed by atoms with E-state index in [0.717, 1.165) is 19.5 Å². The van der Waals surface area contributed by atoms with Gasteiger partial charge in [0.25, 0.3) is 0 Å². The van der Waals surface area contributed by atoms with Crippen molar-refractivity contribution < 1.29 is 4.79 Å². The third kappa shape index (κ3) is 2.21. The quantitative estimate of drug-likeness (QED) is 0.659. The summed E-state index contributed by atoms with van der Waals surface area (Å²) in [5.74, 6) is 0.808. The standard InChI is InChI=1S/C9H18N2O/c1-2-8-4-3-5-11(7-8)9(12)6-10/h8H,2-7,10H2,1H3. The van der Waals surface area contributed by atoms with E-state index in [-0.39, 0.29) is 12.5 Å². The molecule has 0 aromatic heterocycles. The third-order valence-corrected chi connectivity index (χ3v) is 2.62. The highest BCUT2D eigenvalue weighted by Crippen LogP contribution is 2.18. The first-order valence-corrected chi connectivity index (χ1v) is 4.75. The molecule has 0 aromatic rings. The molecule has 1 aliphatic heterocycles. The molecule has 3 nitrogen and oxygen atoms in total. The zero-order valence-corrected chi connectivity index (χ0v) is 7.75. The molecule has 0 spiro atoms. The molecule has 2 N–H and O–H groups in total. The molecule has 1 aliphatic rings.